The van der Waals surface area contributed by atoms with E-state index in [1.54, 1.807) is 0 Å². The van der Waals surface area contributed by atoms with Crippen LogP contribution in [0.4, 0.5) is 4.39 Å². The van der Waals surface area contributed by atoms with Gasteiger partial charge in [0.2, 0.25) is 11.9 Å². The molecule has 0 spiro atoms. The van der Waals surface area contributed by atoms with Crippen LogP contribution in [0.15, 0.2) is 4.99 Å². The van der Waals surface area contributed by atoms with Gasteiger partial charge in [-0.05, 0) is 6.42 Å². The Morgan fingerprint density at radius 1 is 1.36 bits per heavy atom. The highest BCUT2D eigenvalue weighted by molar-refractivity contribution is 5.32. The fraction of sp³-hybridized carbons (Fsp3) is 0.900. The number of aliphatic hydroxyl groups is 1. The van der Waals surface area contributed by atoms with Gasteiger partial charge in [-0.15, -0.1) is 0 Å². The highest BCUT2D eigenvalue weighted by Crippen LogP contribution is 2.17. The summed E-state index contributed by atoms with van der Waals surface area (Å²) in [6, 6.07) is 0. The summed E-state index contributed by atoms with van der Waals surface area (Å²) in [7, 11) is 0. The highest BCUT2D eigenvalue weighted by Gasteiger charge is 2.24. The number of aliphatic imine (C=N–C) groups is 1. The number of isocyanates is 1. The van der Waals surface area contributed by atoms with Crippen molar-refractivity contribution in [3.8, 4) is 0 Å². The highest BCUT2D eigenvalue weighted by atomic mass is 19.2. The fourth-order valence-electron chi connectivity index (χ4n) is 1.23. The van der Waals surface area contributed by atoms with Crippen LogP contribution in [0.25, 0.3) is 0 Å². The second-order valence-corrected chi connectivity index (χ2v) is 3.49. The van der Waals surface area contributed by atoms with Gasteiger partial charge in [-0.1, -0.05) is 32.6 Å². The summed E-state index contributed by atoms with van der Waals surface area (Å²) in [6.45, 7) is 1.61. The van der Waals surface area contributed by atoms with Crippen molar-refractivity contribution in [2.24, 2.45) is 4.99 Å². The number of alkyl halides is 1. The molecule has 0 heterocycles. The number of rotatable bonds is 8. The first kappa shape index (κ1) is 13.3. The van der Waals surface area contributed by atoms with Crippen LogP contribution in [-0.4, -0.2) is 23.6 Å². The topological polar surface area (TPSA) is 49.7 Å². The van der Waals surface area contributed by atoms with Crippen molar-refractivity contribution in [1.29, 1.82) is 0 Å². The Morgan fingerprint density at radius 3 is 2.57 bits per heavy atom. The van der Waals surface area contributed by atoms with Gasteiger partial charge in [0.05, 0.1) is 0 Å². The van der Waals surface area contributed by atoms with E-state index < -0.39 is 12.4 Å². The first-order valence-electron chi connectivity index (χ1n) is 5.07. The first-order chi connectivity index (χ1) is 6.62. The molecular formula is C10H18FNO2. The van der Waals surface area contributed by atoms with Gasteiger partial charge in [0.1, 0.15) is 6.54 Å². The van der Waals surface area contributed by atoms with Crippen molar-refractivity contribution in [2.45, 2.75) is 51.3 Å². The van der Waals surface area contributed by atoms with Crippen molar-refractivity contribution >= 4 is 6.08 Å². The number of unbranched alkanes of at least 4 members (excludes halogenated alkanes) is 4. The molecule has 0 radical (unpaired) electrons. The summed E-state index contributed by atoms with van der Waals surface area (Å²) in [4.78, 5) is 12.7. The third-order valence-corrected chi connectivity index (χ3v) is 2.05. The summed E-state index contributed by atoms with van der Waals surface area (Å²) >= 11 is 0. The number of hydrogen-bond acceptors (Lipinski definition) is 3. The monoisotopic (exact) mass is 203 g/mol. The van der Waals surface area contributed by atoms with Crippen molar-refractivity contribution in [1.82, 2.24) is 0 Å². The summed E-state index contributed by atoms with van der Waals surface area (Å²) < 4.78 is 13.1. The van der Waals surface area contributed by atoms with Crippen molar-refractivity contribution in [3.05, 3.63) is 0 Å². The lowest BCUT2D eigenvalue weighted by atomic mass is 10.1. The van der Waals surface area contributed by atoms with Gasteiger partial charge in [-0.2, -0.15) is 4.99 Å². The molecule has 14 heavy (non-hydrogen) atoms. The number of hydrogen-bond donors (Lipinski definition) is 1. The lowest BCUT2D eigenvalue weighted by Gasteiger charge is -2.15. The molecule has 1 unspecified atom stereocenters. The molecule has 0 aromatic rings. The molecule has 0 saturated heterocycles. The molecule has 0 bridgehead atoms. The van der Waals surface area contributed by atoms with Crippen molar-refractivity contribution < 1.29 is 14.3 Å². The predicted octanol–water partition coefficient (Wildman–Crippen LogP) is 2.34. The SMILES string of the molecule is CCCCCCCC(O)(F)CN=C=O. The number of halogens is 1. The number of nitrogens with zero attached hydrogens (tertiary/aromatic N) is 1. The second-order valence-electron chi connectivity index (χ2n) is 3.49. The Kier molecular flexibility index (Phi) is 7.25. The van der Waals surface area contributed by atoms with E-state index in [1.165, 1.54) is 6.08 Å². The van der Waals surface area contributed by atoms with Crippen LogP contribution in [0.1, 0.15) is 45.4 Å². The van der Waals surface area contributed by atoms with Crippen LogP contribution < -0.4 is 0 Å². The van der Waals surface area contributed by atoms with E-state index in [0.29, 0.717) is 6.42 Å². The standard InChI is InChI=1S/C10H18FNO2/c1-2-3-4-5-6-7-10(11,14)8-12-9-13/h14H,2-8H2,1H3. The molecule has 0 aliphatic rings. The minimum absolute atomic E-state index is 0.0435. The normalized spacial score (nSPS) is 14.5. The zero-order valence-electron chi connectivity index (χ0n) is 8.63. The van der Waals surface area contributed by atoms with E-state index in [1.807, 2.05) is 0 Å². The third kappa shape index (κ3) is 7.90. The van der Waals surface area contributed by atoms with Crippen LogP contribution in [0.2, 0.25) is 0 Å². The molecule has 0 aliphatic carbocycles. The summed E-state index contributed by atoms with van der Waals surface area (Å²) in [6.07, 6.45) is 6.12. The molecule has 0 saturated carbocycles. The maximum Gasteiger partial charge on any atom is 0.235 e. The molecule has 1 atom stereocenters. The Morgan fingerprint density at radius 2 is 2.00 bits per heavy atom. The molecule has 3 nitrogen and oxygen atoms in total. The van der Waals surface area contributed by atoms with Gasteiger partial charge in [0, 0.05) is 6.42 Å². The van der Waals surface area contributed by atoms with E-state index in [4.69, 9.17) is 5.11 Å². The molecule has 82 valence electrons. The van der Waals surface area contributed by atoms with E-state index in [-0.39, 0.29) is 6.42 Å². The third-order valence-electron chi connectivity index (χ3n) is 2.05. The lowest BCUT2D eigenvalue weighted by molar-refractivity contribution is -0.0860. The van der Waals surface area contributed by atoms with Gasteiger partial charge >= 0.3 is 0 Å². The summed E-state index contributed by atoms with van der Waals surface area (Å²) in [5, 5.41) is 9.06. The Labute approximate surface area is 84.0 Å². The molecule has 0 amide bonds. The first-order valence-corrected chi connectivity index (χ1v) is 5.07. The minimum Gasteiger partial charge on any atom is -0.360 e. The lowest BCUT2D eigenvalue weighted by Crippen LogP contribution is -2.25. The second kappa shape index (κ2) is 7.65. The van der Waals surface area contributed by atoms with E-state index in [9.17, 15) is 9.18 Å². The Hall–Kier alpha value is -0.730. The Bertz CT molecular complexity index is 189. The molecule has 0 aliphatic heterocycles. The van der Waals surface area contributed by atoms with Gasteiger partial charge in [0.25, 0.3) is 0 Å². The van der Waals surface area contributed by atoms with Crippen LogP contribution >= 0.6 is 0 Å². The molecule has 1 N–H and O–H groups in total. The Balaban J connectivity index is 3.49. The molecule has 4 heteroatoms. The zero-order valence-corrected chi connectivity index (χ0v) is 8.63. The maximum absolute atomic E-state index is 13.1. The minimum atomic E-state index is -2.33. The summed E-state index contributed by atoms with van der Waals surface area (Å²) in [5.41, 5.74) is 0. The molecule has 0 aromatic carbocycles. The largest absolute Gasteiger partial charge is 0.360 e. The van der Waals surface area contributed by atoms with E-state index >= 15 is 0 Å². The quantitative estimate of drug-likeness (QED) is 0.374. The summed E-state index contributed by atoms with van der Waals surface area (Å²) in [5.74, 6) is -2.33. The molecular weight excluding hydrogens is 185 g/mol. The zero-order chi connectivity index (χ0) is 10.9. The van der Waals surface area contributed by atoms with Crippen LogP contribution in [0.5, 0.6) is 0 Å². The van der Waals surface area contributed by atoms with Gasteiger partial charge in [-0.3, -0.25) is 0 Å². The van der Waals surface area contributed by atoms with Crippen LogP contribution in [0.3, 0.4) is 0 Å². The van der Waals surface area contributed by atoms with Gasteiger partial charge in [0.15, 0.2) is 0 Å². The van der Waals surface area contributed by atoms with Crippen LogP contribution in [0, 0.1) is 0 Å². The average Bonchev–Trinajstić information content (AvgIpc) is 2.15. The maximum atomic E-state index is 13.1. The van der Waals surface area contributed by atoms with Gasteiger partial charge < -0.3 is 5.11 Å². The smallest absolute Gasteiger partial charge is 0.235 e. The van der Waals surface area contributed by atoms with Crippen molar-refractivity contribution in [3.63, 3.8) is 0 Å². The molecule has 0 aromatic heterocycles. The number of carbonyl (C=O) groups excluding carboxylic acids is 1. The van der Waals surface area contributed by atoms with E-state index in [0.717, 1.165) is 25.7 Å². The van der Waals surface area contributed by atoms with E-state index in [2.05, 4.69) is 11.9 Å². The fourth-order valence-corrected chi connectivity index (χ4v) is 1.23. The average molecular weight is 203 g/mol. The predicted molar refractivity (Wildman–Crippen MR) is 52.4 cm³/mol. The molecule has 0 rings (SSSR count). The van der Waals surface area contributed by atoms with Gasteiger partial charge in [-0.25, -0.2) is 9.18 Å². The molecule has 0 fully saturated rings. The van der Waals surface area contributed by atoms with Crippen LogP contribution in [-0.2, 0) is 4.79 Å². The van der Waals surface area contributed by atoms with Crippen molar-refractivity contribution in [2.75, 3.05) is 6.54 Å².